The molecule has 0 radical (unpaired) electrons. The summed E-state index contributed by atoms with van der Waals surface area (Å²) in [6.45, 7) is 2.11. The second kappa shape index (κ2) is 5.56. The molecule has 1 heteroatoms. The van der Waals surface area contributed by atoms with Crippen molar-refractivity contribution in [2.45, 2.75) is 11.8 Å². The summed E-state index contributed by atoms with van der Waals surface area (Å²) in [5.74, 6) is 0. The average Bonchev–Trinajstić information content (AvgIpc) is 2.49. The molecule has 0 aliphatic rings. The highest BCUT2D eigenvalue weighted by molar-refractivity contribution is 7.80. The van der Waals surface area contributed by atoms with Crippen LogP contribution in [0.3, 0.4) is 0 Å². The maximum Gasteiger partial charge on any atom is 0.00404 e. The van der Waals surface area contributed by atoms with Gasteiger partial charge in [-0.15, -0.1) is 12.6 Å². The van der Waals surface area contributed by atoms with Gasteiger partial charge in [-0.05, 0) is 41.3 Å². The molecule has 0 bridgehead atoms. The van der Waals surface area contributed by atoms with E-state index >= 15 is 0 Å². The molecule has 20 heavy (non-hydrogen) atoms. The molecule has 0 aliphatic carbocycles. The lowest BCUT2D eigenvalue weighted by molar-refractivity contribution is 1.46. The largest absolute Gasteiger partial charge is 0.143 e. The molecule has 3 aromatic carbocycles. The minimum atomic E-state index is 0.991. The van der Waals surface area contributed by atoms with E-state index in [2.05, 4.69) is 80.2 Å². The number of hydrogen-bond donors (Lipinski definition) is 1. The van der Waals surface area contributed by atoms with Gasteiger partial charge in [0.1, 0.15) is 0 Å². The maximum atomic E-state index is 4.32. The summed E-state index contributed by atoms with van der Waals surface area (Å²) >= 11 is 4.32. The third-order valence-corrected chi connectivity index (χ3v) is 3.77. The van der Waals surface area contributed by atoms with Crippen molar-refractivity contribution in [3.63, 3.8) is 0 Å². The monoisotopic (exact) mass is 276 g/mol. The van der Waals surface area contributed by atoms with Gasteiger partial charge in [-0.3, -0.25) is 0 Å². The lowest BCUT2D eigenvalue weighted by Gasteiger charge is -2.06. The third-order valence-electron chi connectivity index (χ3n) is 3.47. The van der Waals surface area contributed by atoms with Crippen LogP contribution in [0.5, 0.6) is 0 Å². The first-order valence-corrected chi connectivity index (χ1v) is 7.13. The number of thiol groups is 1. The Morgan fingerprint density at radius 1 is 0.500 bits per heavy atom. The van der Waals surface area contributed by atoms with Crippen LogP contribution in [0.15, 0.2) is 77.7 Å². The highest BCUT2D eigenvalue weighted by atomic mass is 32.1. The van der Waals surface area contributed by atoms with Crippen molar-refractivity contribution in [3.05, 3.63) is 78.4 Å². The SMILES string of the molecule is Cc1ccc(-c2ccc(-c3ccc(S)cc3)cc2)cc1. The zero-order valence-electron chi connectivity index (χ0n) is 11.4. The molecule has 3 rings (SSSR count). The van der Waals surface area contributed by atoms with E-state index in [1.807, 2.05) is 12.1 Å². The summed E-state index contributed by atoms with van der Waals surface area (Å²) in [5, 5.41) is 0. The Balaban J connectivity index is 1.91. The van der Waals surface area contributed by atoms with E-state index in [-0.39, 0.29) is 0 Å². The van der Waals surface area contributed by atoms with Gasteiger partial charge >= 0.3 is 0 Å². The fourth-order valence-electron chi connectivity index (χ4n) is 2.26. The van der Waals surface area contributed by atoms with Gasteiger partial charge in [0.25, 0.3) is 0 Å². The second-order valence-corrected chi connectivity index (χ2v) is 5.51. The predicted octanol–water partition coefficient (Wildman–Crippen LogP) is 5.62. The lowest BCUT2D eigenvalue weighted by atomic mass is 10.00. The first-order chi connectivity index (χ1) is 9.72. The van der Waals surface area contributed by atoms with E-state index in [1.54, 1.807) is 0 Å². The van der Waals surface area contributed by atoms with Crippen molar-refractivity contribution < 1.29 is 0 Å². The zero-order valence-corrected chi connectivity index (χ0v) is 12.3. The Kier molecular flexibility index (Phi) is 3.62. The summed E-state index contributed by atoms with van der Waals surface area (Å²) in [4.78, 5) is 0.991. The Morgan fingerprint density at radius 3 is 1.20 bits per heavy atom. The Hall–Kier alpha value is -1.99. The van der Waals surface area contributed by atoms with Gasteiger partial charge in [-0.25, -0.2) is 0 Å². The van der Waals surface area contributed by atoms with E-state index in [4.69, 9.17) is 0 Å². The highest BCUT2D eigenvalue weighted by Crippen LogP contribution is 2.25. The Labute approximate surface area is 125 Å². The molecule has 0 unspecified atom stereocenters. The van der Waals surface area contributed by atoms with Gasteiger partial charge in [-0.1, -0.05) is 66.2 Å². The van der Waals surface area contributed by atoms with E-state index in [0.29, 0.717) is 0 Å². The molecule has 3 aromatic rings. The topological polar surface area (TPSA) is 0 Å². The van der Waals surface area contributed by atoms with Crippen LogP contribution in [0.2, 0.25) is 0 Å². The van der Waals surface area contributed by atoms with Crippen LogP contribution >= 0.6 is 12.6 Å². The molecule has 0 fully saturated rings. The molecule has 0 heterocycles. The molecule has 0 N–H and O–H groups in total. The summed E-state index contributed by atoms with van der Waals surface area (Å²) < 4.78 is 0. The van der Waals surface area contributed by atoms with Gasteiger partial charge in [0.15, 0.2) is 0 Å². The van der Waals surface area contributed by atoms with Crippen molar-refractivity contribution in [2.75, 3.05) is 0 Å². The fraction of sp³-hybridized carbons (Fsp3) is 0.0526. The zero-order chi connectivity index (χ0) is 13.9. The van der Waals surface area contributed by atoms with Crippen LogP contribution < -0.4 is 0 Å². The van der Waals surface area contributed by atoms with E-state index in [1.165, 1.54) is 27.8 Å². The van der Waals surface area contributed by atoms with Crippen LogP contribution in [0, 0.1) is 6.92 Å². The van der Waals surface area contributed by atoms with Gasteiger partial charge < -0.3 is 0 Å². The highest BCUT2D eigenvalue weighted by Gasteiger charge is 2.00. The molecule has 0 saturated heterocycles. The summed E-state index contributed by atoms with van der Waals surface area (Å²) in [6, 6.07) is 25.6. The van der Waals surface area contributed by atoms with Crippen LogP contribution in [0.4, 0.5) is 0 Å². The normalized spacial score (nSPS) is 10.5. The first kappa shape index (κ1) is 13.0. The summed E-state index contributed by atoms with van der Waals surface area (Å²) in [5.41, 5.74) is 6.25. The van der Waals surface area contributed by atoms with Crippen LogP contribution in [0.1, 0.15) is 5.56 Å². The Morgan fingerprint density at radius 2 is 0.800 bits per heavy atom. The molecule has 0 aromatic heterocycles. The number of rotatable bonds is 2. The smallest absolute Gasteiger partial charge is 0.00404 e. The lowest BCUT2D eigenvalue weighted by Crippen LogP contribution is -1.81. The van der Waals surface area contributed by atoms with E-state index in [0.717, 1.165) is 4.90 Å². The molecule has 0 nitrogen and oxygen atoms in total. The van der Waals surface area contributed by atoms with E-state index < -0.39 is 0 Å². The number of hydrogen-bond acceptors (Lipinski definition) is 1. The minimum Gasteiger partial charge on any atom is -0.143 e. The molecule has 98 valence electrons. The van der Waals surface area contributed by atoms with Gasteiger partial charge in [0, 0.05) is 4.90 Å². The van der Waals surface area contributed by atoms with Gasteiger partial charge in [0.2, 0.25) is 0 Å². The van der Waals surface area contributed by atoms with Crippen molar-refractivity contribution in [2.24, 2.45) is 0 Å². The predicted molar refractivity (Wildman–Crippen MR) is 89.3 cm³/mol. The van der Waals surface area contributed by atoms with Crippen molar-refractivity contribution in [1.82, 2.24) is 0 Å². The van der Waals surface area contributed by atoms with Crippen molar-refractivity contribution in [3.8, 4) is 22.3 Å². The molecule has 0 amide bonds. The Bertz CT molecular complexity index is 628. The molecule has 0 atom stereocenters. The number of aryl methyl sites for hydroxylation is 1. The van der Waals surface area contributed by atoms with Crippen LogP contribution in [0.25, 0.3) is 22.3 Å². The summed E-state index contributed by atoms with van der Waals surface area (Å²) in [6.07, 6.45) is 0. The van der Waals surface area contributed by atoms with Gasteiger partial charge in [0.05, 0.1) is 0 Å². The molecular formula is C19H16S. The van der Waals surface area contributed by atoms with Crippen molar-refractivity contribution >= 4 is 12.6 Å². The standard InChI is InChI=1S/C19H16S/c1-14-2-4-15(5-3-14)16-6-8-17(9-7-16)18-10-12-19(20)13-11-18/h2-13,20H,1H3. The first-order valence-electron chi connectivity index (χ1n) is 6.69. The minimum absolute atomic E-state index is 0.991. The second-order valence-electron chi connectivity index (χ2n) is 4.99. The van der Waals surface area contributed by atoms with Crippen LogP contribution in [-0.2, 0) is 0 Å². The maximum absolute atomic E-state index is 4.32. The number of benzene rings is 3. The third kappa shape index (κ3) is 2.78. The van der Waals surface area contributed by atoms with Gasteiger partial charge in [-0.2, -0.15) is 0 Å². The molecule has 0 spiro atoms. The molecule has 0 aliphatic heterocycles. The van der Waals surface area contributed by atoms with Crippen molar-refractivity contribution in [1.29, 1.82) is 0 Å². The quantitative estimate of drug-likeness (QED) is 0.577. The molecular weight excluding hydrogens is 260 g/mol. The summed E-state index contributed by atoms with van der Waals surface area (Å²) in [7, 11) is 0. The van der Waals surface area contributed by atoms with Crippen LogP contribution in [-0.4, -0.2) is 0 Å². The average molecular weight is 276 g/mol. The molecule has 0 saturated carbocycles. The van der Waals surface area contributed by atoms with E-state index in [9.17, 15) is 0 Å². The fourth-order valence-corrected chi connectivity index (χ4v) is 2.40.